The average Bonchev–Trinajstić information content (AvgIpc) is 2.41. The monoisotopic (exact) mass is 362 g/mol. The Labute approximate surface area is 131 Å². The van der Waals surface area contributed by atoms with E-state index in [0.717, 1.165) is 0 Å². The van der Waals surface area contributed by atoms with E-state index >= 15 is 0 Å². The molecule has 1 unspecified atom stereocenters. The highest BCUT2D eigenvalue weighted by atomic mass is 79.9. The van der Waals surface area contributed by atoms with Crippen LogP contribution in [0.3, 0.4) is 0 Å². The topological polar surface area (TPSA) is 67.4 Å². The van der Waals surface area contributed by atoms with Crippen molar-refractivity contribution in [2.75, 3.05) is 19.0 Å². The number of benzene rings is 1. The highest BCUT2D eigenvalue weighted by molar-refractivity contribution is 9.10. The van der Waals surface area contributed by atoms with Crippen molar-refractivity contribution in [3.63, 3.8) is 0 Å². The highest BCUT2D eigenvalue weighted by Gasteiger charge is 2.22. The van der Waals surface area contributed by atoms with Gasteiger partial charge in [0, 0.05) is 16.7 Å². The molecule has 2 N–H and O–H groups in total. The molecule has 1 amide bonds. The third kappa shape index (κ3) is 5.02. The molecule has 7 heteroatoms. The molecule has 1 aromatic carbocycles. The number of rotatable bonds is 6. The van der Waals surface area contributed by atoms with Gasteiger partial charge in [-0.05, 0) is 41.1 Å². The minimum atomic E-state index is -0.750. The Morgan fingerprint density at radius 3 is 2.70 bits per heavy atom. The predicted molar refractivity (Wildman–Crippen MR) is 81.9 cm³/mol. The van der Waals surface area contributed by atoms with Gasteiger partial charge in [-0.2, -0.15) is 0 Å². The summed E-state index contributed by atoms with van der Waals surface area (Å²) in [7, 11) is 1.28. The van der Waals surface area contributed by atoms with Gasteiger partial charge in [-0.3, -0.25) is 4.79 Å². The zero-order chi connectivity index (χ0) is 15.1. The Bertz CT molecular complexity index is 497. The largest absolute Gasteiger partial charge is 0.467 e. The van der Waals surface area contributed by atoms with E-state index in [4.69, 9.17) is 16.3 Å². The molecule has 0 fully saturated rings. The molecule has 1 atom stereocenters. The van der Waals surface area contributed by atoms with Crippen molar-refractivity contribution < 1.29 is 14.3 Å². The molecule has 0 radical (unpaired) electrons. The van der Waals surface area contributed by atoms with Gasteiger partial charge in [0.1, 0.15) is 6.04 Å². The van der Waals surface area contributed by atoms with Crippen molar-refractivity contribution in [3.05, 3.63) is 27.7 Å². The number of carbonyl (C=O) groups excluding carboxylic acids is 2. The van der Waals surface area contributed by atoms with Gasteiger partial charge < -0.3 is 15.4 Å². The molecule has 0 saturated heterocycles. The lowest BCUT2D eigenvalue weighted by atomic mass is 10.2. The van der Waals surface area contributed by atoms with Gasteiger partial charge in [0.25, 0.3) is 0 Å². The minimum Gasteiger partial charge on any atom is -0.467 e. The second-order valence-electron chi connectivity index (χ2n) is 4.01. The number of hydrogen-bond acceptors (Lipinski definition) is 4. The Morgan fingerprint density at radius 2 is 2.15 bits per heavy atom. The predicted octanol–water partition coefficient (Wildman–Crippen LogP) is 2.58. The Morgan fingerprint density at radius 1 is 1.45 bits per heavy atom. The van der Waals surface area contributed by atoms with Crippen LogP contribution < -0.4 is 10.6 Å². The fourth-order valence-corrected chi connectivity index (χ4v) is 2.07. The van der Waals surface area contributed by atoms with E-state index in [-0.39, 0.29) is 12.3 Å². The molecule has 5 nitrogen and oxygen atoms in total. The lowest BCUT2D eigenvalue weighted by Crippen LogP contribution is -2.37. The number of amides is 1. The first kappa shape index (κ1) is 16.8. The lowest BCUT2D eigenvalue weighted by molar-refractivity contribution is -0.143. The van der Waals surface area contributed by atoms with Gasteiger partial charge >= 0.3 is 5.97 Å². The van der Waals surface area contributed by atoms with Crippen molar-refractivity contribution in [2.24, 2.45) is 0 Å². The molecule has 0 aliphatic heterocycles. The Hall–Kier alpha value is -1.27. The lowest BCUT2D eigenvalue weighted by Gasteiger charge is -2.17. The van der Waals surface area contributed by atoms with Crippen LogP contribution in [0.4, 0.5) is 5.69 Å². The minimum absolute atomic E-state index is 0.000753. The smallest absolute Gasteiger partial charge is 0.328 e. The molecule has 110 valence electrons. The average molecular weight is 364 g/mol. The number of hydrogen-bond donors (Lipinski definition) is 2. The molecule has 0 aromatic heterocycles. The second kappa shape index (κ2) is 8.11. The van der Waals surface area contributed by atoms with E-state index in [0.29, 0.717) is 21.7 Å². The first-order valence-electron chi connectivity index (χ1n) is 6.04. The summed E-state index contributed by atoms with van der Waals surface area (Å²) in [5.74, 6) is -0.717. The Balaban J connectivity index is 2.80. The first-order chi connectivity index (χ1) is 9.47. The van der Waals surface area contributed by atoms with Crippen LogP contribution >= 0.6 is 27.5 Å². The summed E-state index contributed by atoms with van der Waals surface area (Å²) in [6.07, 6.45) is 0.000753. The maximum Gasteiger partial charge on any atom is 0.328 e. The van der Waals surface area contributed by atoms with Crippen molar-refractivity contribution in [1.29, 1.82) is 0 Å². The third-order valence-corrected chi connectivity index (χ3v) is 3.72. The molecule has 0 spiro atoms. The highest BCUT2D eigenvalue weighted by Crippen LogP contribution is 2.26. The van der Waals surface area contributed by atoms with E-state index in [2.05, 4.69) is 26.6 Å². The number of halogens is 2. The number of nitrogens with one attached hydrogen (secondary N) is 2. The van der Waals surface area contributed by atoms with E-state index in [9.17, 15) is 9.59 Å². The summed E-state index contributed by atoms with van der Waals surface area (Å²) in [4.78, 5) is 23.3. The van der Waals surface area contributed by atoms with E-state index in [1.807, 2.05) is 6.92 Å². The molecular formula is C13H16BrClN2O3. The number of ether oxygens (including phenoxy) is 1. The summed E-state index contributed by atoms with van der Waals surface area (Å²) in [6, 6.07) is 4.39. The van der Waals surface area contributed by atoms with Crippen LogP contribution in [0.5, 0.6) is 0 Å². The Kier molecular flexibility index (Phi) is 6.81. The number of methoxy groups -OCH3 is 1. The van der Waals surface area contributed by atoms with Gasteiger partial charge in [0.15, 0.2) is 0 Å². The molecule has 0 aliphatic rings. The maximum atomic E-state index is 11.7. The molecule has 0 saturated carbocycles. The number of anilines is 1. The quantitative estimate of drug-likeness (QED) is 0.762. The van der Waals surface area contributed by atoms with Gasteiger partial charge in [0.05, 0.1) is 18.6 Å². The van der Waals surface area contributed by atoms with Crippen molar-refractivity contribution in [2.45, 2.75) is 19.4 Å². The van der Waals surface area contributed by atoms with Crippen LogP contribution in [-0.2, 0) is 14.3 Å². The van der Waals surface area contributed by atoms with Gasteiger partial charge in [0.2, 0.25) is 5.91 Å². The zero-order valence-corrected chi connectivity index (χ0v) is 13.5. The zero-order valence-electron chi connectivity index (χ0n) is 11.2. The summed E-state index contributed by atoms with van der Waals surface area (Å²) in [5, 5.41) is 6.17. The molecule has 1 aromatic rings. The number of esters is 1. The van der Waals surface area contributed by atoms with Crippen LogP contribution in [0.2, 0.25) is 5.02 Å². The van der Waals surface area contributed by atoms with Crippen LogP contribution in [-0.4, -0.2) is 31.6 Å². The van der Waals surface area contributed by atoms with Crippen LogP contribution in [0.1, 0.15) is 13.3 Å². The third-order valence-electron chi connectivity index (χ3n) is 2.51. The van der Waals surface area contributed by atoms with Crippen molar-refractivity contribution >= 4 is 45.1 Å². The summed E-state index contributed by atoms with van der Waals surface area (Å²) in [5.41, 5.74) is 0.668. The molecular weight excluding hydrogens is 348 g/mol. The molecule has 0 bridgehead atoms. The van der Waals surface area contributed by atoms with Crippen LogP contribution in [0.25, 0.3) is 0 Å². The summed E-state index contributed by atoms with van der Waals surface area (Å²) in [6.45, 7) is 2.33. The molecule has 20 heavy (non-hydrogen) atoms. The van der Waals surface area contributed by atoms with Crippen LogP contribution in [0.15, 0.2) is 22.7 Å². The van der Waals surface area contributed by atoms with Crippen molar-refractivity contribution in [3.8, 4) is 0 Å². The van der Waals surface area contributed by atoms with E-state index in [1.165, 1.54) is 7.11 Å². The van der Waals surface area contributed by atoms with E-state index in [1.54, 1.807) is 18.2 Å². The summed E-state index contributed by atoms with van der Waals surface area (Å²) < 4.78 is 5.40. The molecule has 0 heterocycles. The maximum absolute atomic E-state index is 11.7. The van der Waals surface area contributed by atoms with Gasteiger partial charge in [-0.15, -0.1) is 0 Å². The SMILES string of the molecule is CCNC(=O)CC(Nc1ccc(Cl)c(Br)c1)C(=O)OC. The fraction of sp³-hybridized carbons (Fsp3) is 0.385. The van der Waals surface area contributed by atoms with Gasteiger partial charge in [-0.25, -0.2) is 4.79 Å². The van der Waals surface area contributed by atoms with Crippen molar-refractivity contribution in [1.82, 2.24) is 5.32 Å². The second-order valence-corrected chi connectivity index (χ2v) is 5.27. The standard InChI is InChI=1S/C13H16BrClN2O3/c1-3-16-12(18)7-11(13(19)20-2)17-8-4-5-10(15)9(14)6-8/h4-6,11,17H,3,7H2,1-2H3,(H,16,18). The van der Waals surface area contributed by atoms with Crippen LogP contribution in [0, 0.1) is 0 Å². The van der Waals surface area contributed by atoms with Gasteiger partial charge in [-0.1, -0.05) is 11.6 Å². The first-order valence-corrected chi connectivity index (χ1v) is 7.21. The normalized spacial score (nSPS) is 11.6. The number of carbonyl (C=O) groups is 2. The molecule has 0 aliphatic carbocycles. The molecule has 1 rings (SSSR count). The fourth-order valence-electron chi connectivity index (χ4n) is 1.58. The summed E-state index contributed by atoms with van der Waals surface area (Å²) >= 11 is 9.20. The van der Waals surface area contributed by atoms with E-state index < -0.39 is 12.0 Å².